The van der Waals surface area contributed by atoms with Gasteiger partial charge in [0.2, 0.25) is 12.4 Å². The van der Waals surface area contributed by atoms with Gasteiger partial charge in [0.15, 0.2) is 5.82 Å². The third-order valence-electron chi connectivity index (χ3n) is 3.57. The fraction of sp³-hybridized carbons (Fsp3) is 0.294. The fourth-order valence-corrected chi connectivity index (χ4v) is 5.02. The van der Waals surface area contributed by atoms with E-state index in [-0.39, 0.29) is 37.2 Å². The molecule has 3 aromatic rings. The van der Waals surface area contributed by atoms with Crippen molar-refractivity contribution in [3.05, 3.63) is 45.8 Å². The predicted octanol–water partition coefficient (Wildman–Crippen LogP) is 5.43. The van der Waals surface area contributed by atoms with Crippen LogP contribution in [-0.2, 0) is 16.4 Å². The molecule has 28 heavy (non-hydrogen) atoms. The second kappa shape index (κ2) is 9.06. The summed E-state index contributed by atoms with van der Waals surface area (Å²) in [6.07, 6.45) is -1.93. The molecule has 152 valence electrons. The summed E-state index contributed by atoms with van der Waals surface area (Å²) in [6.45, 7) is 5.48. The van der Waals surface area contributed by atoms with Gasteiger partial charge in [0.1, 0.15) is 4.90 Å². The van der Waals surface area contributed by atoms with Crippen LogP contribution in [0.25, 0.3) is 10.1 Å². The number of hydrogen-bond donors (Lipinski definition) is 1. The summed E-state index contributed by atoms with van der Waals surface area (Å²) < 4.78 is 66.4. The summed E-state index contributed by atoms with van der Waals surface area (Å²) in [5, 5.41) is 1.35. The van der Waals surface area contributed by atoms with Crippen molar-refractivity contribution in [2.45, 2.75) is 38.5 Å². The van der Waals surface area contributed by atoms with E-state index < -0.39 is 28.7 Å². The van der Waals surface area contributed by atoms with Gasteiger partial charge in [-0.2, -0.15) is 0 Å². The van der Waals surface area contributed by atoms with Crippen molar-refractivity contribution in [2.24, 2.45) is 0 Å². The molecule has 0 bridgehead atoms. The monoisotopic (exact) mass is 451 g/mol. The van der Waals surface area contributed by atoms with Gasteiger partial charge in [0.25, 0.3) is 10.0 Å². The molecule has 11 heteroatoms. The quantitative estimate of drug-likeness (QED) is 0.561. The number of nitrogens with one attached hydrogen (secondary N) is 1. The number of aryl methyl sites for hydroxylation is 1. The van der Waals surface area contributed by atoms with Gasteiger partial charge < -0.3 is 0 Å². The topological polar surface area (TPSA) is 72.0 Å². The standard InChI is InChI=1S/C15H11ClF3N3O2S2.C2H6/c1-7-8(4-12(17)18)5-20-15(21-7)22-26(23,24)11-6-25-14-9(11)2-3-10(16)13(14)19;1-2/h2-3,5-6,12H,4H2,1H3,(H,20,21,22);1-2H3. The molecule has 0 atom stereocenters. The Morgan fingerprint density at radius 1 is 1.29 bits per heavy atom. The highest BCUT2D eigenvalue weighted by molar-refractivity contribution is 7.93. The van der Waals surface area contributed by atoms with Gasteiger partial charge in [-0.05, 0) is 18.6 Å². The van der Waals surface area contributed by atoms with Crippen molar-refractivity contribution in [1.82, 2.24) is 9.97 Å². The van der Waals surface area contributed by atoms with Crippen molar-refractivity contribution >= 4 is 49.0 Å². The summed E-state index contributed by atoms with van der Waals surface area (Å²) in [5.41, 5.74) is 0.464. The molecule has 5 nitrogen and oxygen atoms in total. The number of benzene rings is 1. The van der Waals surface area contributed by atoms with Gasteiger partial charge in [0, 0.05) is 29.1 Å². The first kappa shape index (κ1) is 22.4. The number of nitrogens with zero attached hydrogens (tertiary/aromatic N) is 2. The van der Waals surface area contributed by atoms with Crippen LogP contribution in [0.5, 0.6) is 0 Å². The number of aromatic nitrogens is 2. The highest BCUT2D eigenvalue weighted by atomic mass is 35.5. The van der Waals surface area contributed by atoms with E-state index in [1.807, 2.05) is 13.8 Å². The number of alkyl halides is 2. The third-order valence-corrected chi connectivity index (χ3v) is 6.37. The minimum Gasteiger partial charge on any atom is -0.247 e. The SMILES string of the molecule is CC.Cc1nc(NS(=O)(=O)c2csc3c(F)c(Cl)ccc23)ncc1CC(F)F. The van der Waals surface area contributed by atoms with Crippen molar-refractivity contribution in [1.29, 1.82) is 0 Å². The van der Waals surface area contributed by atoms with Gasteiger partial charge in [-0.25, -0.2) is 36.3 Å². The normalized spacial score (nSPS) is 11.4. The van der Waals surface area contributed by atoms with Crippen molar-refractivity contribution < 1.29 is 21.6 Å². The first-order valence-corrected chi connectivity index (χ1v) is 10.9. The van der Waals surface area contributed by atoms with Crippen molar-refractivity contribution in [3.8, 4) is 0 Å². The molecule has 0 saturated carbocycles. The molecule has 1 aromatic carbocycles. The summed E-state index contributed by atoms with van der Waals surface area (Å²) in [5.74, 6) is -0.951. The molecule has 0 aliphatic heterocycles. The molecule has 0 aliphatic rings. The zero-order valence-electron chi connectivity index (χ0n) is 15.1. The lowest BCUT2D eigenvalue weighted by Gasteiger charge is -2.09. The summed E-state index contributed by atoms with van der Waals surface area (Å²) in [4.78, 5) is 7.53. The largest absolute Gasteiger partial charge is 0.265 e. The van der Waals surface area contributed by atoms with Gasteiger partial charge in [-0.1, -0.05) is 31.5 Å². The van der Waals surface area contributed by atoms with Gasteiger partial charge >= 0.3 is 0 Å². The Labute approximate surface area is 169 Å². The fourth-order valence-electron chi connectivity index (χ4n) is 2.31. The average Bonchev–Trinajstić information content (AvgIpc) is 3.07. The molecule has 0 radical (unpaired) electrons. The lowest BCUT2D eigenvalue weighted by molar-refractivity contribution is 0.148. The summed E-state index contributed by atoms with van der Waals surface area (Å²) >= 11 is 6.60. The minimum absolute atomic E-state index is 0.107. The Kier molecular flexibility index (Phi) is 7.24. The number of sulfonamides is 1. The van der Waals surface area contributed by atoms with Gasteiger partial charge in [0.05, 0.1) is 9.72 Å². The Balaban J connectivity index is 0.00000136. The molecule has 0 fully saturated rings. The highest BCUT2D eigenvalue weighted by Crippen LogP contribution is 2.35. The number of hydrogen-bond acceptors (Lipinski definition) is 5. The van der Waals surface area contributed by atoms with Crippen molar-refractivity contribution in [2.75, 3.05) is 4.72 Å². The van der Waals surface area contributed by atoms with Crippen LogP contribution in [0.4, 0.5) is 19.1 Å². The van der Waals surface area contributed by atoms with E-state index >= 15 is 0 Å². The first-order valence-electron chi connectivity index (χ1n) is 8.17. The molecule has 0 spiro atoms. The Morgan fingerprint density at radius 2 is 1.96 bits per heavy atom. The predicted molar refractivity (Wildman–Crippen MR) is 105 cm³/mol. The maximum absolute atomic E-state index is 14.0. The molecular weight excluding hydrogens is 435 g/mol. The van der Waals surface area contributed by atoms with E-state index in [2.05, 4.69) is 14.7 Å². The van der Waals surface area contributed by atoms with E-state index in [1.54, 1.807) is 0 Å². The molecule has 2 aromatic heterocycles. The van der Waals surface area contributed by atoms with Gasteiger partial charge in [-0.3, -0.25) is 0 Å². The van der Waals surface area contributed by atoms with E-state index in [0.717, 1.165) is 17.5 Å². The molecule has 0 unspecified atom stereocenters. The van der Waals surface area contributed by atoms with E-state index in [4.69, 9.17) is 11.6 Å². The smallest absolute Gasteiger partial charge is 0.247 e. The summed E-state index contributed by atoms with van der Waals surface area (Å²) in [7, 11) is -4.10. The lowest BCUT2D eigenvalue weighted by atomic mass is 10.2. The molecule has 1 N–H and O–H groups in total. The molecule has 0 saturated heterocycles. The first-order chi connectivity index (χ1) is 13.2. The Hall–Kier alpha value is -1.91. The van der Waals surface area contributed by atoms with Crippen LogP contribution in [0.1, 0.15) is 25.1 Å². The van der Waals surface area contributed by atoms with Crippen LogP contribution < -0.4 is 4.72 Å². The number of fused-ring (bicyclic) bond motifs is 1. The van der Waals surface area contributed by atoms with Crippen LogP contribution in [0.2, 0.25) is 5.02 Å². The lowest BCUT2D eigenvalue weighted by Crippen LogP contribution is -2.15. The van der Waals surface area contributed by atoms with Crippen LogP contribution >= 0.6 is 22.9 Å². The number of thiophene rings is 1. The number of halogens is 4. The van der Waals surface area contributed by atoms with Crippen LogP contribution in [0.15, 0.2) is 28.6 Å². The van der Waals surface area contributed by atoms with E-state index in [9.17, 15) is 21.6 Å². The zero-order valence-corrected chi connectivity index (χ0v) is 17.5. The van der Waals surface area contributed by atoms with Crippen molar-refractivity contribution in [3.63, 3.8) is 0 Å². The maximum Gasteiger partial charge on any atom is 0.265 e. The van der Waals surface area contributed by atoms with Crippen LogP contribution in [-0.4, -0.2) is 24.8 Å². The van der Waals surface area contributed by atoms with E-state index in [1.165, 1.54) is 24.4 Å². The molecule has 3 rings (SSSR count). The number of rotatable bonds is 5. The highest BCUT2D eigenvalue weighted by Gasteiger charge is 2.23. The van der Waals surface area contributed by atoms with E-state index in [0.29, 0.717) is 0 Å². The molecule has 2 heterocycles. The minimum atomic E-state index is -4.10. The maximum atomic E-state index is 14.0. The van der Waals surface area contributed by atoms with Gasteiger partial charge in [-0.15, -0.1) is 11.3 Å². The van der Waals surface area contributed by atoms with Crippen LogP contribution in [0.3, 0.4) is 0 Å². The Morgan fingerprint density at radius 3 is 2.57 bits per heavy atom. The average molecular weight is 452 g/mol. The zero-order chi connectivity index (χ0) is 21.1. The molecule has 0 aliphatic carbocycles. The molecule has 0 amide bonds. The Bertz CT molecular complexity index is 1090. The summed E-state index contributed by atoms with van der Waals surface area (Å²) in [6, 6.07) is 2.67. The van der Waals surface area contributed by atoms with Crippen LogP contribution in [0, 0.1) is 12.7 Å². The third kappa shape index (κ3) is 4.73. The molecular formula is C17H17ClF3N3O2S2. The second-order valence-corrected chi connectivity index (χ2v) is 8.28. The number of anilines is 1. The second-order valence-electron chi connectivity index (χ2n) is 5.34.